The van der Waals surface area contributed by atoms with Gasteiger partial charge in [-0.3, -0.25) is 9.59 Å². The van der Waals surface area contributed by atoms with Crippen LogP contribution in [0.3, 0.4) is 0 Å². The summed E-state index contributed by atoms with van der Waals surface area (Å²) in [6.45, 7) is 2.30. The predicted molar refractivity (Wildman–Crippen MR) is 128 cm³/mol. The lowest BCUT2D eigenvalue weighted by Crippen LogP contribution is -2.48. The smallest absolute Gasteiger partial charge is 0.407 e. The van der Waals surface area contributed by atoms with Crippen molar-refractivity contribution in [3.8, 4) is 11.1 Å². The third-order valence-corrected chi connectivity index (χ3v) is 7.13. The van der Waals surface area contributed by atoms with Gasteiger partial charge in [-0.25, -0.2) is 4.79 Å². The molecule has 3 N–H and O–H groups in total. The largest absolute Gasteiger partial charge is 0.481 e. The molecule has 0 aromatic heterocycles. The van der Waals surface area contributed by atoms with Crippen LogP contribution in [0.5, 0.6) is 0 Å². The molecule has 0 bridgehead atoms. The molecule has 2 amide bonds. The summed E-state index contributed by atoms with van der Waals surface area (Å²) in [5, 5.41) is 14.9. The van der Waals surface area contributed by atoms with Crippen molar-refractivity contribution in [3.63, 3.8) is 0 Å². The predicted octanol–water partition coefficient (Wildman–Crippen LogP) is 4.31. The standard InChI is InChI=1S/C27H32N2O5/c1-2-24(25(30)28-15-17-9-3-4-10-18(17)26(31)32)29-27(33)34-16-23-21-13-7-5-11-19(21)20-12-6-8-14-22(20)23/h5-8,11-14,17-18,23-24H,2-4,9-10,15-16H2,1H3,(H,28,30)(H,29,33)(H,31,32)/t17-,18-,24?/m0/s1. The van der Waals surface area contributed by atoms with E-state index >= 15 is 0 Å². The molecule has 7 heteroatoms. The van der Waals surface area contributed by atoms with E-state index in [1.165, 1.54) is 0 Å². The molecule has 1 saturated carbocycles. The highest BCUT2D eigenvalue weighted by Gasteiger charge is 2.32. The summed E-state index contributed by atoms with van der Waals surface area (Å²) in [5.74, 6) is -1.67. The maximum atomic E-state index is 12.7. The van der Waals surface area contributed by atoms with Crippen LogP contribution in [-0.2, 0) is 14.3 Å². The Morgan fingerprint density at radius 3 is 2.24 bits per heavy atom. The summed E-state index contributed by atoms with van der Waals surface area (Å²) in [4.78, 5) is 36.7. The van der Waals surface area contributed by atoms with Crippen molar-refractivity contribution in [2.75, 3.05) is 13.2 Å². The summed E-state index contributed by atoms with van der Waals surface area (Å²) in [7, 11) is 0. The number of fused-ring (bicyclic) bond motifs is 3. The third kappa shape index (κ3) is 5.08. The zero-order valence-electron chi connectivity index (χ0n) is 19.5. The van der Waals surface area contributed by atoms with Crippen LogP contribution in [0.15, 0.2) is 48.5 Å². The number of carboxylic acid groups (broad SMARTS) is 1. The molecule has 7 nitrogen and oxygen atoms in total. The van der Waals surface area contributed by atoms with Gasteiger partial charge in [0, 0.05) is 12.5 Å². The minimum Gasteiger partial charge on any atom is -0.481 e. The first-order chi connectivity index (χ1) is 16.5. The number of hydrogen-bond acceptors (Lipinski definition) is 4. The lowest BCUT2D eigenvalue weighted by Gasteiger charge is -2.29. The summed E-state index contributed by atoms with van der Waals surface area (Å²) < 4.78 is 5.56. The van der Waals surface area contributed by atoms with E-state index in [0.29, 0.717) is 19.4 Å². The van der Waals surface area contributed by atoms with Gasteiger partial charge in [-0.1, -0.05) is 68.3 Å². The van der Waals surface area contributed by atoms with Crippen molar-refractivity contribution in [2.24, 2.45) is 11.8 Å². The van der Waals surface area contributed by atoms with Gasteiger partial charge < -0.3 is 20.5 Å². The van der Waals surface area contributed by atoms with Gasteiger partial charge in [-0.2, -0.15) is 0 Å². The van der Waals surface area contributed by atoms with Gasteiger partial charge in [0.25, 0.3) is 0 Å². The summed E-state index contributed by atoms with van der Waals surface area (Å²) in [6, 6.07) is 15.5. The van der Waals surface area contributed by atoms with E-state index in [1.807, 2.05) is 31.2 Å². The second-order valence-corrected chi connectivity index (χ2v) is 9.17. The van der Waals surface area contributed by atoms with E-state index in [2.05, 4.69) is 34.9 Å². The molecule has 1 fully saturated rings. The van der Waals surface area contributed by atoms with E-state index in [4.69, 9.17) is 4.74 Å². The summed E-state index contributed by atoms with van der Waals surface area (Å²) in [6.07, 6.45) is 3.08. The van der Waals surface area contributed by atoms with E-state index in [-0.39, 0.29) is 24.3 Å². The molecule has 180 valence electrons. The molecule has 3 atom stereocenters. The first-order valence-electron chi connectivity index (χ1n) is 12.1. The molecule has 2 aliphatic rings. The number of carbonyl (C=O) groups excluding carboxylic acids is 2. The summed E-state index contributed by atoms with van der Waals surface area (Å²) >= 11 is 0. The van der Waals surface area contributed by atoms with Crippen LogP contribution in [0.4, 0.5) is 4.79 Å². The average molecular weight is 465 g/mol. The Bertz CT molecular complexity index is 1010. The van der Waals surface area contributed by atoms with E-state index in [9.17, 15) is 19.5 Å². The van der Waals surface area contributed by atoms with Crippen LogP contribution in [0.2, 0.25) is 0 Å². The third-order valence-electron chi connectivity index (χ3n) is 7.13. The number of ether oxygens (including phenoxy) is 1. The average Bonchev–Trinajstić information content (AvgIpc) is 3.18. The van der Waals surface area contributed by atoms with Gasteiger partial charge in [0.1, 0.15) is 12.6 Å². The molecule has 2 aliphatic carbocycles. The number of hydrogen-bond donors (Lipinski definition) is 3. The van der Waals surface area contributed by atoms with Crippen LogP contribution in [-0.4, -0.2) is 42.3 Å². The Labute approximate surface area is 199 Å². The minimum atomic E-state index is -0.803. The highest BCUT2D eigenvalue weighted by molar-refractivity contribution is 5.85. The number of rotatable bonds is 8. The molecule has 0 saturated heterocycles. The van der Waals surface area contributed by atoms with Crippen molar-refractivity contribution < 1.29 is 24.2 Å². The lowest BCUT2D eigenvalue weighted by molar-refractivity contribution is -0.145. The number of aliphatic carboxylic acids is 1. The van der Waals surface area contributed by atoms with Gasteiger partial charge in [0.05, 0.1) is 5.92 Å². The van der Waals surface area contributed by atoms with Gasteiger partial charge >= 0.3 is 12.1 Å². The topological polar surface area (TPSA) is 105 Å². The van der Waals surface area contributed by atoms with Crippen LogP contribution >= 0.6 is 0 Å². The van der Waals surface area contributed by atoms with Crippen LogP contribution in [0.1, 0.15) is 56.1 Å². The van der Waals surface area contributed by atoms with Crippen molar-refractivity contribution in [1.29, 1.82) is 0 Å². The fourth-order valence-corrected chi connectivity index (χ4v) is 5.27. The van der Waals surface area contributed by atoms with Gasteiger partial charge in [0.15, 0.2) is 0 Å². The number of carbonyl (C=O) groups is 3. The van der Waals surface area contributed by atoms with Crippen LogP contribution < -0.4 is 10.6 Å². The molecule has 34 heavy (non-hydrogen) atoms. The number of alkyl carbamates (subject to hydrolysis) is 1. The SMILES string of the molecule is CCC(NC(=O)OCC1c2ccccc2-c2ccccc21)C(=O)NC[C@@H]1CCCC[C@@H]1C(=O)O. The first-order valence-corrected chi connectivity index (χ1v) is 12.1. The normalized spacial score (nSPS) is 20.0. The second-order valence-electron chi connectivity index (χ2n) is 9.17. The fourth-order valence-electron chi connectivity index (χ4n) is 5.27. The molecule has 2 aromatic carbocycles. The number of carboxylic acids is 1. The van der Waals surface area contributed by atoms with E-state index in [1.54, 1.807) is 0 Å². The van der Waals surface area contributed by atoms with Crippen LogP contribution in [0, 0.1) is 11.8 Å². The van der Waals surface area contributed by atoms with Crippen molar-refractivity contribution in [1.82, 2.24) is 10.6 Å². The maximum absolute atomic E-state index is 12.7. The Balaban J connectivity index is 1.31. The molecule has 0 radical (unpaired) electrons. The highest BCUT2D eigenvalue weighted by Crippen LogP contribution is 2.44. The van der Waals surface area contributed by atoms with Crippen molar-refractivity contribution in [3.05, 3.63) is 59.7 Å². The minimum absolute atomic E-state index is 0.0497. The molecular formula is C27H32N2O5. The second kappa shape index (κ2) is 10.7. The zero-order chi connectivity index (χ0) is 24.1. The van der Waals surface area contributed by atoms with Crippen molar-refractivity contribution >= 4 is 18.0 Å². The summed E-state index contributed by atoms with van der Waals surface area (Å²) in [5.41, 5.74) is 4.56. The Hall–Kier alpha value is -3.35. The van der Waals surface area contributed by atoms with Crippen molar-refractivity contribution in [2.45, 2.75) is 51.0 Å². The van der Waals surface area contributed by atoms with Gasteiger partial charge in [0.2, 0.25) is 5.91 Å². The fraction of sp³-hybridized carbons (Fsp3) is 0.444. The molecule has 1 unspecified atom stereocenters. The number of benzene rings is 2. The van der Waals surface area contributed by atoms with E-state index in [0.717, 1.165) is 41.5 Å². The number of amides is 2. The van der Waals surface area contributed by atoms with E-state index < -0.39 is 24.0 Å². The molecule has 2 aromatic rings. The quantitative estimate of drug-likeness (QED) is 0.540. The Kier molecular flexibility index (Phi) is 7.50. The van der Waals surface area contributed by atoms with Gasteiger partial charge in [-0.15, -0.1) is 0 Å². The highest BCUT2D eigenvalue weighted by atomic mass is 16.5. The van der Waals surface area contributed by atoms with Gasteiger partial charge in [-0.05, 0) is 47.4 Å². The Morgan fingerprint density at radius 2 is 1.62 bits per heavy atom. The number of nitrogens with one attached hydrogen (secondary N) is 2. The molecule has 0 aliphatic heterocycles. The molecule has 0 heterocycles. The van der Waals surface area contributed by atoms with Crippen LogP contribution in [0.25, 0.3) is 11.1 Å². The molecule has 0 spiro atoms. The molecular weight excluding hydrogens is 432 g/mol. The Morgan fingerprint density at radius 1 is 1.00 bits per heavy atom. The maximum Gasteiger partial charge on any atom is 0.407 e. The lowest BCUT2D eigenvalue weighted by atomic mass is 9.79. The zero-order valence-corrected chi connectivity index (χ0v) is 19.5. The molecule has 4 rings (SSSR count). The first kappa shape index (κ1) is 23.8. The monoisotopic (exact) mass is 464 g/mol.